The monoisotopic (exact) mass is 170 g/mol. The molecule has 0 aliphatic heterocycles. The fourth-order valence-corrected chi connectivity index (χ4v) is 0.978. The van der Waals surface area contributed by atoms with Crippen molar-refractivity contribution in [2.75, 3.05) is 5.73 Å². The van der Waals surface area contributed by atoms with E-state index in [9.17, 15) is 0 Å². The van der Waals surface area contributed by atoms with Crippen LogP contribution in [-0.4, -0.2) is 16.7 Å². The minimum Gasteiger partial charge on any atom is -0.382 e. The van der Waals surface area contributed by atoms with Gasteiger partial charge in [0, 0.05) is 0 Å². The van der Waals surface area contributed by atoms with Crippen LogP contribution in [-0.2, 0) is 0 Å². The van der Waals surface area contributed by atoms with Crippen LogP contribution in [0.5, 0.6) is 0 Å². The molecule has 2 N–H and O–H groups in total. The molecule has 11 heavy (non-hydrogen) atoms. The second-order valence-corrected chi connectivity index (χ2v) is 2.31. The molecule has 0 aliphatic rings. The summed E-state index contributed by atoms with van der Waals surface area (Å²) in [5, 5.41) is 0.241. The lowest BCUT2D eigenvalue weighted by Crippen LogP contribution is -1.96. The Morgan fingerprint density at radius 1 is 1.55 bits per heavy atom. The van der Waals surface area contributed by atoms with Crippen molar-refractivity contribution in [3.63, 3.8) is 0 Å². The van der Waals surface area contributed by atoms with Crippen LogP contribution in [0, 0.1) is 6.92 Å². The zero-order chi connectivity index (χ0) is 8.43. The molecule has 5 heteroatoms. The third-order valence-corrected chi connectivity index (χ3v) is 1.40. The van der Waals surface area contributed by atoms with Crippen LogP contribution in [0.1, 0.15) is 5.82 Å². The molecule has 0 aromatic carbocycles. The molecule has 0 bridgehead atoms. The zero-order valence-corrected chi connectivity index (χ0v) is 6.76. The largest absolute Gasteiger partial charge is 0.382 e. The molecule has 0 spiro atoms. The van der Waals surface area contributed by atoms with Crippen LogP contribution in [0.15, 0.2) is 4.99 Å². The van der Waals surface area contributed by atoms with Crippen molar-refractivity contribution >= 4 is 29.8 Å². The number of rotatable bonds is 1. The van der Waals surface area contributed by atoms with Crippen molar-refractivity contribution < 1.29 is 0 Å². The van der Waals surface area contributed by atoms with Gasteiger partial charge in [-0.25, -0.2) is 9.97 Å². The molecule has 58 valence electrons. The average molecular weight is 171 g/mol. The molecular weight excluding hydrogens is 164 g/mol. The number of hydrogen-bond donors (Lipinski definition) is 1. The highest BCUT2D eigenvalue weighted by Gasteiger charge is 2.05. The first-order chi connectivity index (χ1) is 5.15. The molecule has 0 fully saturated rings. The lowest BCUT2D eigenvalue weighted by atomic mass is 10.5. The second kappa shape index (κ2) is 2.84. The lowest BCUT2D eigenvalue weighted by molar-refractivity contribution is 1.06. The molecule has 1 heterocycles. The minimum absolute atomic E-state index is 0.241. The Hall–Kier alpha value is -1.16. The van der Waals surface area contributed by atoms with E-state index in [1.165, 1.54) is 0 Å². The summed E-state index contributed by atoms with van der Waals surface area (Å²) in [4.78, 5) is 11.3. The van der Waals surface area contributed by atoms with Gasteiger partial charge in [-0.3, -0.25) is 4.99 Å². The second-order valence-electron chi connectivity index (χ2n) is 1.95. The van der Waals surface area contributed by atoms with Crippen molar-refractivity contribution in [2.45, 2.75) is 6.92 Å². The van der Waals surface area contributed by atoms with Gasteiger partial charge in [-0.15, -0.1) is 0 Å². The Kier molecular flexibility index (Phi) is 2.05. The van der Waals surface area contributed by atoms with E-state index in [2.05, 4.69) is 21.7 Å². The van der Waals surface area contributed by atoms with Crippen molar-refractivity contribution in [1.82, 2.24) is 9.97 Å². The first kappa shape index (κ1) is 7.94. The standard InChI is InChI=1S/C6H7ClN4/c1-3-10-5(7)4(9-2)6(8)11-3/h2H2,1H3,(H2,8,10,11). The summed E-state index contributed by atoms with van der Waals surface area (Å²) in [6.45, 7) is 4.99. The van der Waals surface area contributed by atoms with Gasteiger partial charge < -0.3 is 5.73 Å². The molecule has 0 unspecified atom stereocenters. The van der Waals surface area contributed by atoms with E-state index in [1.807, 2.05) is 0 Å². The van der Waals surface area contributed by atoms with Gasteiger partial charge in [0.05, 0.1) is 0 Å². The number of hydrogen-bond acceptors (Lipinski definition) is 4. The summed E-state index contributed by atoms with van der Waals surface area (Å²) in [7, 11) is 0. The number of aryl methyl sites for hydroxylation is 1. The maximum Gasteiger partial charge on any atom is 0.160 e. The molecule has 1 rings (SSSR count). The van der Waals surface area contributed by atoms with Crippen LogP contribution in [0.4, 0.5) is 11.5 Å². The first-order valence-corrected chi connectivity index (χ1v) is 3.29. The van der Waals surface area contributed by atoms with Crippen molar-refractivity contribution in [1.29, 1.82) is 0 Å². The number of aliphatic imine (C=N–C) groups is 1. The summed E-state index contributed by atoms with van der Waals surface area (Å²) >= 11 is 5.67. The zero-order valence-electron chi connectivity index (χ0n) is 6.00. The highest BCUT2D eigenvalue weighted by Crippen LogP contribution is 2.26. The summed E-state index contributed by atoms with van der Waals surface area (Å²) in [6, 6.07) is 0. The third-order valence-electron chi connectivity index (χ3n) is 1.14. The highest BCUT2D eigenvalue weighted by atomic mass is 35.5. The Labute approximate surface area is 69.1 Å². The summed E-state index contributed by atoms with van der Waals surface area (Å²) < 4.78 is 0. The minimum atomic E-state index is 0.241. The van der Waals surface area contributed by atoms with Crippen LogP contribution in [0.25, 0.3) is 0 Å². The van der Waals surface area contributed by atoms with Gasteiger partial charge in [0.1, 0.15) is 11.5 Å². The van der Waals surface area contributed by atoms with E-state index in [0.29, 0.717) is 11.5 Å². The van der Waals surface area contributed by atoms with Gasteiger partial charge in [0.2, 0.25) is 0 Å². The summed E-state index contributed by atoms with van der Waals surface area (Å²) in [5.41, 5.74) is 5.81. The molecule has 0 amide bonds. The average Bonchev–Trinajstić information content (AvgIpc) is 1.85. The Bertz CT molecular complexity index is 274. The molecule has 0 aliphatic carbocycles. The smallest absolute Gasteiger partial charge is 0.160 e. The SMILES string of the molecule is C=Nc1c(N)nc(C)nc1Cl. The number of aromatic nitrogens is 2. The molecular formula is C6H7ClN4. The number of halogens is 1. The van der Waals surface area contributed by atoms with E-state index in [-0.39, 0.29) is 11.0 Å². The first-order valence-electron chi connectivity index (χ1n) is 2.91. The quantitative estimate of drug-likeness (QED) is 0.511. The fourth-order valence-electron chi connectivity index (χ4n) is 0.699. The van der Waals surface area contributed by atoms with Gasteiger partial charge in [-0.2, -0.15) is 0 Å². The normalized spacial score (nSPS) is 9.64. The summed E-state index contributed by atoms with van der Waals surface area (Å²) in [5.74, 6) is 0.789. The number of nitrogens with zero attached hydrogens (tertiary/aromatic N) is 3. The van der Waals surface area contributed by atoms with Crippen LogP contribution in [0.2, 0.25) is 5.15 Å². The molecule has 4 nitrogen and oxygen atoms in total. The fraction of sp³-hybridized carbons (Fsp3) is 0.167. The molecule has 0 saturated carbocycles. The summed E-state index contributed by atoms with van der Waals surface area (Å²) in [6.07, 6.45) is 0. The Morgan fingerprint density at radius 2 is 2.18 bits per heavy atom. The van der Waals surface area contributed by atoms with Gasteiger partial charge >= 0.3 is 0 Å². The molecule has 0 radical (unpaired) electrons. The van der Waals surface area contributed by atoms with E-state index in [0.717, 1.165) is 0 Å². The van der Waals surface area contributed by atoms with Gasteiger partial charge in [0.25, 0.3) is 0 Å². The predicted octanol–water partition coefficient (Wildman–Crippen LogP) is 1.35. The van der Waals surface area contributed by atoms with Gasteiger partial charge in [-0.1, -0.05) is 11.6 Å². The Morgan fingerprint density at radius 3 is 2.64 bits per heavy atom. The number of anilines is 1. The van der Waals surface area contributed by atoms with Crippen LogP contribution < -0.4 is 5.73 Å². The van der Waals surface area contributed by atoms with Gasteiger partial charge in [0.15, 0.2) is 11.0 Å². The lowest BCUT2D eigenvalue weighted by Gasteiger charge is -2.00. The number of nitrogens with two attached hydrogens (primary N) is 1. The maximum atomic E-state index is 5.67. The number of nitrogen functional groups attached to an aromatic ring is 1. The van der Waals surface area contributed by atoms with E-state index >= 15 is 0 Å². The van der Waals surface area contributed by atoms with E-state index in [4.69, 9.17) is 17.3 Å². The van der Waals surface area contributed by atoms with Crippen LogP contribution >= 0.6 is 11.6 Å². The van der Waals surface area contributed by atoms with Crippen molar-refractivity contribution in [3.8, 4) is 0 Å². The highest BCUT2D eigenvalue weighted by molar-refractivity contribution is 6.32. The molecule has 0 saturated heterocycles. The van der Waals surface area contributed by atoms with E-state index < -0.39 is 0 Å². The van der Waals surface area contributed by atoms with Crippen molar-refractivity contribution in [2.24, 2.45) is 4.99 Å². The van der Waals surface area contributed by atoms with Crippen molar-refractivity contribution in [3.05, 3.63) is 11.0 Å². The molecule has 1 aromatic heterocycles. The van der Waals surface area contributed by atoms with E-state index in [1.54, 1.807) is 6.92 Å². The maximum absolute atomic E-state index is 5.67. The third kappa shape index (κ3) is 1.46. The van der Waals surface area contributed by atoms with Crippen LogP contribution in [0.3, 0.4) is 0 Å². The topological polar surface area (TPSA) is 64.2 Å². The Balaban J connectivity index is 3.36. The predicted molar refractivity (Wildman–Crippen MR) is 45.4 cm³/mol. The molecule has 1 aromatic rings. The molecule has 0 atom stereocenters. The van der Waals surface area contributed by atoms with Gasteiger partial charge in [-0.05, 0) is 13.6 Å².